The molecule has 5 nitrogen and oxygen atoms in total. The summed E-state index contributed by atoms with van der Waals surface area (Å²) in [6.45, 7) is 3.26. The largest absolute Gasteiger partial charge is 0.492 e. The molecule has 1 N–H and O–H groups in total. The van der Waals surface area contributed by atoms with Crippen molar-refractivity contribution in [2.45, 2.75) is 6.92 Å². The molecule has 0 unspecified atom stereocenters. The van der Waals surface area contributed by atoms with Crippen LogP contribution in [0.3, 0.4) is 0 Å². The van der Waals surface area contributed by atoms with Crippen LogP contribution in [0.4, 0.5) is 5.13 Å². The maximum atomic E-state index is 11.4. The highest BCUT2D eigenvalue weighted by atomic mass is 32.1. The number of hydrogen-bond donors (Lipinski definition) is 1. The van der Waals surface area contributed by atoms with Crippen LogP contribution < -0.4 is 10.1 Å². The Hall–Kier alpha value is -2.08. The van der Waals surface area contributed by atoms with E-state index in [1.807, 2.05) is 30.3 Å². The van der Waals surface area contributed by atoms with Crippen molar-refractivity contribution in [3.05, 3.63) is 41.4 Å². The number of hydrogen-bond acceptors (Lipinski definition) is 6. The fourth-order valence-electron chi connectivity index (χ4n) is 1.50. The van der Waals surface area contributed by atoms with Crippen molar-refractivity contribution in [1.82, 2.24) is 4.98 Å². The van der Waals surface area contributed by atoms with Crippen LogP contribution in [0, 0.1) is 0 Å². The van der Waals surface area contributed by atoms with E-state index in [0.717, 1.165) is 5.75 Å². The van der Waals surface area contributed by atoms with E-state index in [0.29, 0.717) is 30.6 Å². The van der Waals surface area contributed by atoms with Gasteiger partial charge in [-0.05, 0) is 19.1 Å². The van der Waals surface area contributed by atoms with Gasteiger partial charge in [0, 0.05) is 5.38 Å². The number of ether oxygens (including phenoxy) is 2. The molecule has 0 spiro atoms. The highest BCUT2D eigenvalue weighted by Crippen LogP contribution is 2.16. The Morgan fingerprint density at radius 2 is 2.15 bits per heavy atom. The van der Waals surface area contributed by atoms with Crippen LogP contribution >= 0.6 is 11.3 Å². The molecule has 0 atom stereocenters. The number of rotatable bonds is 7. The van der Waals surface area contributed by atoms with E-state index in [2.05, 4.69) is 10.3 Å². The van der Waals surface area contributed by atoms with E-state index >= 15 is 0 Å². The molecular weight excluding hydrogens is 276 g/mol. The van der Waals surface area contributed by atoms with Gasteiger partial charge in [-0.3, -0.25) is 0 Å². The maximum Gasteiger partial charge on any atom is 0.357 e. The molecule has 20 heavy (non-hydrogen) atoms. The number of para-hydroxylation sites is 1. The first-order chi connectivity index (χ1) is 9.79. The third kappa shape index (κ3) is 4.24. The highest BCUT2D eigenvalue weighted by Gasteiger charge is 2.10. The van der Waals surface area contributed by atoms with Crippen LogP contribution in [0.1, 0.15) is 17.4 Å². The van der Waals surface area contributed by atoms with Crippen molar-refractivity contribution >= 4 is 22.4 Å². The monoisotopic (exact) mass is 292 g/mol. The average molecular weight is 292 g/mol. The summed E-state index contributed by atoms with van der Waals surface area (Å²) in [5.41, 5.74) is 0.336. The van der Waals surface area contributed by atoms with E-state index < -0.39 is 5.97 Å². The van der Waals surface area contributed by atoms with Crippen molar-refractivity contribution in [3.63, 3.8) is 0 Å². The van der Waals surface area contributed by atoms with Gasteiger partial charge in [0.05, 0.1) is 13.2 Å². The molecule has 0 bridgehead atoms. The van der Waals surface area contributed by atoms with Crippen molar-refractivity contribution in [2.24, 2.45) is 0 Å². The highest BCUT2D eigenvalue weighted by molar-refractivity contribution is 7.13. The lowest BCUT2D eigenvalue weighted by atomic mass is 10.3. The molecule has 1 aromatic heterocycles. The molecule has 0 aliphatic rings. The first-order valence-electron chi connectivity index (χ1n) is 6.34. The van der Waals surface area contributed by atoms with E-state index in [4.69, 9.17) is 9.47 Å². The van der Waals surface area contributed by atoms with E-state index in [1.165, 1.54) is 11.3 Å². The minimum absolute atomic E-state index is 0.336. The van der Waals surface area contributed by atoms with Gasteiger partial charge in [0.1, 0.15) is 12.4 Å². The zero-order chi connectivity index (χ0) is 14.2. The van der Waals surface area contributed by atoms with Crippen molar-refractivity contribution in [1.29, 1.82) is 0 Å². The molecule has 0 fully saturated rings. The Morgan fingerprint density at radius 3 is 2.90 bits per heavy atom. The molecule has 6 heteroatoms. The van der Waals surface area contributed by atoms with Crippen LogP contribution in [0.25, 0.3) is 0 Å². The van der Waals surface area contributed by atoms with Crippen LogP contribution in [-0.4, -0.2) is 30.7 Å². The summed E-state index contributed by atoms with van der Waals surface area (Å²) in [6, 6.07) is 9.60. The second-order valence-corrected chi connectivity index (χ2v) is 4.70. The van der Waals surface area contributed by atoms with Crippen LogP contribution in [-0.2, 0) is 4.74 Å². The van der Waals surface area contributed by atoms with Gasteiger partial charge in [-0.15, -0.1) is 11.3 Å². The fourth-order valence-corrected chi connectivity index (χ4v) is 2.21. The summed E-state index contributed by atoms with van der Waals surface area (Å²) in [4.78, 5) is 15.6. The SMILES string of the molecule is CCOC(=O)c1csc(NCCOc2ccccc2)n1. The lowest BCUT2D eigenvalue weighted by Crippen LogP contribution is -2.11. The third-order valence-electron chi connectivity index (χ3n) is 2.38. The first-order valence-corrected chi connectivity index (χ1v) is 7.22. The number of carbonyl (C=O) groups excluding carboxylic acids is 1. The Balaban J connectivity index is 1.73. The second kappa shape index (κ2) is 7.49. The number of nitrogens with one attached hydrogen (secondary N) is 1. The third-order valence-corrected chi connectivity index (χ3v) is 3.18. The van der Waals surface area contributed by atoms with Crippen molar-refractivity contribution in [2.75, 3.05) is 25.1 Å². The van der Waals surface area contributed by atoms with Crippen LogP contribution in [0.5, 0.6) is 5.75 Å². The number of thiazole rings is 1. The summed E-state index contributed by atoms with van der Waals surface area (Å²) in [6.07, 6.45) is 0. The van der Waals surface area contributed by atoms with E-state index in [-0.39, 0.29) is 0 Å². The molecule has 1 heterocycles. The molecule has 0 radical (unpaired) electrons. The Labute approximate surface area is 121 Å². The van der Waals surface area contributed by atoms with E-state index in [1.54, 1.807) is 12.3 Å². The fraction of sp³-hybridized carbons (Fsp3) is 0.286. The lowest BCUT2D eigenvalue weighted by Gasteiger charge is -2.06. The maximum absolute atomic E-state index is 11.4. The van der Waals surface area contributed by atoms with E-state index in [9.17, 15) is 4.79 Å². The number of benzene rings is 1. The first kappa shape index (κ1) is 14.3. The normalized spacial score (nSPS) is 10.1. The number of aromatic nitrogens is 1. The smallest absolute Gasteiger partial charge is 0.357 e. The molecule has 0 aliphatic carbocycles. The minimum atomic E-state index is -0.391. The lowest BCUT2D eigenvalue weighted by molar-refractivity contribution is 0.0520. The molecule has 0 saturated carbocycles. The number of esters is 1. The van der Waals surface area contributed by atoms with Gasteiger partial charge in [-0.2, -0.15) is 0 Å². The van der Waals surface area contributed by atoms with Gasteiger partial charge >= 0.3 is 5.97 Å². The topological polar surface area (TPSA) is 60.5 Å². The van der Waals surface area contributed by atoms with Gasteiger partial charge in [0.2, 0.25) is 0 Å². The summed E-state index contributed by atoms with van der Waals surface area (Å²) in [5, 5.41) is 5.47. The number of nitrogens with zero attached hydrogens (tertiary/aromatic N) is 1. The van der Waals surface area contributed by atoms with Gasteiger partial charge in [0.25, 0.3) is 0 Å². The Bertz CT molecular complexity index is 542. The molecule has 106 valence electrons. The molecule has 2 aromatic rings. The standard InChI is InChI=1S/C14H16N2O3S/c1-2-18-13(17)12-10-20-14(16-12)15-8-9-19-11-6-4-3-5-7-11/h3-7,10H,2,8-9H2,1H3,(H,15,16). The van der Waals surface area contributed by atoms with Crippen LogP contribution in [0.2, 0.25) is 0 Å². The van der Waals surface area contributed by atoms with Gasteiger partial charge < -0.3 is 14.8 Å². The number of anilines is 1. The molecule has 0 saturated heterocycles. The van der Waals surface area contributed by atoms with Gasteiger partial charge in [-0.25, -0.2) is 9.78 Å². The van der Waals surface area contributed by atoms with Crippen molar-refractivity contribution < 1.29 is 14.3 Å². The Morgan fingerprint density at radius 1 is 1.35 bits per heavy atom. The summed E-state index contributed by atoms with van der Waals surface area (Å²) in [7, 11) is 0. The zero-order valence-corrected chi connectivity index (χ0v) is 12.0. The summed E-state index contributed by atoms with van der Waals surface area (Å²) in [5.74, 6) is 0.443. The average Bonchev–Trinajstić information content (AvgIpc) is 2.94. The van der Waals surface area contributed by atoms with Crippen molar-refractivity contribution in [3.8, 4) is 5.75 Å². The van der Waals surface area contributed by atoms with Gasteiger partial charge in [0.15, 0.2) is 10.8 Å². The Kier molecular flexibility index (Phi) is 5.37. The summed E-state index contributed by atoms with van der Waals surface area (Å²) >= 11 is 1.37. The zero-order valence-electron chi connectivity index (χ0n) is 11.2. The molecular formula is C14H16N2O3S. The van der Waals surface area contributed by atoms with Gasteiger partial charge in [-0.1, -0.05) is 18.2 Å². The van der Waals surface area contributed by atoms with Crippen LogP contribution in [0.15, 0.2) is 35.7 Å². The molecule has 0 amide bonds. The second-order valence-electron chi connectivity index (χ2n) is 3.85. The molecule has 0 aliphatic heterocycles. The number of carbonyl (C=O) groups is 1. The predicted octanol–water partition coefficient (Wildman–Crippen LogP) is 2.81. The summed E-state index contributed by atoms with van der Waals surface area (Å²) < 4.78 is 10.4. The quantitative estimate of drug-likeness (QED) is 0.628. The molecule has 1 aromatic carbocycles. The molecule has 2 rings (SSSR count). The predicted molar refractivity (Wildman–Crippen MR) is 78.5 cm³/mol. The minimum Gasteiger partial charge on any atom is -0.492 e.